The van der Waals surface area contributed by atoms with Crippen LogP contribution in [0.25, 0.3) is 0 Å². The van der Waals surface area contributed by atoms with Crippen LogP contribution in [0.15, 0.2) is 48.5 Å². The van der Waals surface area contributed by atoms with Gasteiger partial charge in [0.05, 0.1) is 11.0 Å². The summed E-state index contributed by atoms with van der Waals surface area (Å²) < 4.78 is 0. The lowest BCUT2D eigenvalue weighted by Crippen LogP contribution is -2.47. The Labute approximate surface area is 155 Å². The first-order chi connectivity index (χ1) is 11.9. The molecule has 0 heterocycles. The molecule has 1 N–H and O–H groups in total. The lowest BCUT2D eigenvalue weighted by molar-refractivity contribution is -0.127. The minimum absolute atomic E-state index is 0.109. The van der Waals surface area contributed by atoms with Gasteiger partial charge < -0.3 is 5.32 Å². The van der Waals surface area contributed by atoms with Crippen LogP contribution in [-0.4, -0.2) is 5.91 Å². The van der Waals surface area contributed by atoms with E-state index in [0.717, 1.165) is 41.8 Å². The normalized spacial score (nSPS) is 17.6. The second kappa shape index (κ2) is 6.84. The zero-order valence-electron chi connectivity index (χ0n) is 15.2. The molecule has 1 atom stereocenters. The number of hydrogen-bond acceptors (Lipinski definition) is 1. The van der Waals surface area contributed by atoms with Crippen LogP contribution in [0.4, 0.5) is 0 Å². The minimum atomic E-state index is -0.547. The van der Waals surface area contributed by atoms with Crippen LogP contribution in [0.3, 0.4) is 0 Å². The van der Waals surface area contributed by atoms with Crippen molar-refractivity contribution in [2.24, 2.45) is 0 Å². The van der Waals surface area contributed by atoms with Crippen molar-refractivity contribution in [3.8, 4) is 0 Å². The van der Waals surface area contributed by atoms with Crippen molar-refractivity contribution in [3.05, 3.63) is 70.2 Å². The van der Waals surface area contributed by atoms with E-state index in [0.29, 0.717) is 0 Å². The summed E-state index contributed by atoms with van der Waals surface area (Å²) in [5.74, 6) is 0.109. The number of rotatable bonds is 6. The number of amides is 1. The fourth-order valence-electron chi connectivity index (χ4n) is 3.60. The van der Waals surface area contributed by atoms with Gasteiger partial charge in [0.2, 0.25) is 5.91 Å². The molecule has 0 bridgehead atoms. The third-order valence-corrected chi connectivity index (χ3v) is 5.90. The van der Waals surface area contributed by atoms with E-state index in [1.54, 1.807) is 0 Å². The van der Waals surface area contributed by atoms with Gasteiger partial charge in [-0.25, -0.2) is 0 Å². The predicted octanol–water partition coefficient (Wildman–Crippen LogP) is 5.51. The molecule has 0 aromatic heterocycles. The predicted molar refractivity (Wildman–Crippen MR) is 104 cm³/mol. The van der Waals surface area contributed by atoms with Gasteiger partial charge in [-0.3, -0.25) is 4.79 Å². The third-order valence-electron chi connectivity index (χ3n) is 5.48. The largest absolute Gasteiger partial charge is 0.346 e. The van der Waals surface area contributed by atoms with E-state index < -0.39 is 5.41 Å². The monoisotopic (exact) mass is 355 g/mol. The van der Waals surface area contributed by atoms with Gasteiger partial charge in [0.1, 0.15) is 0 Å². The van der Waals surface area contributed by atoms with Crippen molar-refractivity contribution in [3.63, 3.8) is 0 Å². The van der Waals surface area contributed by atoms with Crippen LogP contribution >= 0.6 is 11.6 Å². The number of aryl methyl sites for hydroxylation is 1. The molecule has 2 aromatic rings. The first kappa shape index (κ1) is 18.0. The van der Waals surface area contributed by atoms with Gasteiger partial charge in [0.15, 0.2) is 0 Å². The van der Waals surface area contributed by atoms with E-state index in [-0.39, 0.29) is 11.4 Å². The summed E-state index contributed by atoms with van der Waals surface area (Å²) >= 11 is 6.18. The first-order valence-corrected chi connectivity index (χ1v) is 9.44. The van der Waals surface area contributed by atoms with E-state index in [2.05, 4.69) is 37.4 Å². The smallest absolute Gasteiger partial charge is 0.231 e. The maximum atomic E-state index is 13.3. The molecule has 1 aliphatic carbocycles. The van der Waals surface area contributed by atoms with Crippen LogP contribution < -0.4 is 5.32 Å². The molecule has 2 nitrogen and oxygen atoms in total. The molecule has 3 heteroatoms. The average molecular weight is 356 g/mol. The molecule has 1 saturated carbocycles. The van der Waals surface area contributed by atoms with Gasteiger partial charge in [0, 0.05) is 5.02 Å². The van der Waals surface area contributed by atoms with Crippen molar-refractivity contribution >= 4 is 17.5 Å². The summed E-state index contributed by atoms with van der Waals surface area (Å²) in [6.45, 7) is 6.16. The molecule has 1 aliphatic rings. The van der Waals surface area contributed by atoms with Crippen molar-refractivity contribution in [2.75, 3.05) is 0 Å². The molecule has 1 amide bonds. The summed E-state index contributed by atoms with van der Waals surface area (Å²) in [4.78, 5) is 13.3. The number of carbonyl (C=O) groups is 1. The maximum Gasteiger partial charge on any atom is 0.231 e. The Kier molecular flexibility index (Phi) is 4.92. The minimum Gasteiger partial charge on any atom is -0.346 e. The van der Waals surface area contributed by atoms with E-state index in [9.17, 15) is 4.79 Å². The highest BCUT2D eigenvalue weighted by molar-refractivity contribution is 6.31. The van der Waals surface area contributed by atoms with Crippen molar-refractivity contribution < 1.29 is 4.79 Å². The molecule has 132 valence electrons. The average Bonchev–Trinajstić information content (AvgIpc) is 3.39. The number of hydrogen-bond donors (Lipinski definition) is 1. The molecule has 3 rings (SSSR count). The molecule has 0 radical (unpaired) electrons. The molecular formula is C22H26ClNO. The number of benzene rings is 2. The summed E-state index contributed by atoms with van der Waals surface area (Å²) in [5, 5.41) is 4.11. The zero-order valence-corrected chi connectivity index (χ0v) is 16.0. The highest BCUT2D eigenvalue weighted by Crippen LogP contribution is 2.46. The third kappa shape index (κ3) is 3.46. The number of carbonyl (C=O) groups excluding carboxylic acids is 1. The standard InChI is InChI=1S/C22H26ClNO/c1-4-12-21(3,18-10-11-19(23)16(2)15-18)20(25)24-22(13-14-22)17-8-6-5-7-9-17/h5-11,15H,4,12-14H2,1-3H3,(H,24,25). The van der Waals surface area contributed by atoms with Gasteiger partial charge in [0.25, 0.3) is 0 Å². The molecule has 0 spiro atoms. The molecule has 0 aliphatic heterocycles. The Morgan fingerprint density at radius 1 is 1.20 bits per heavy atom. The summed E-state index contributed by atoms with van der Waals surface area (Å²) in [7, 11) is 0. The summed E-state index contributed by atoms with van der Waals surface area (Å²) in [6, 6.07) is 16.3. The van der Waals surface area contributed by atoms with Crippen molar-refractivity contribution in [1.29, 1.82) is 0 Å². The Morgan fingerprint density at radius 2 is 1.88 bits per heavy atom. The van der Waals surface area contributed by atoms with Gasteiger partial charge in [-0.15, -0.1) is 0 Å². The maximum absolute atomic E-state index is 13.3. The van der Waals surface area contributed by atoms with Crippen LogP contribution in [0.2, 0.25) is 5.02 Å². The topological polar surface area (TPSA) is 29.1 Å². The van der Waals surface area contributed by atoms with E-state index >= 15 is 0 Å². The lowest BCUT2D eigenvalue weighted by atomic mass is 9.77. The van der Waals surface area contributed by atoms with Crippen LogP contribution in [-0.2, 0) is 15.7 Å². The molecule has 2 aromatic carbocycles. The Bertz CT molecular complexity index is 767. The lowest BCUT2D eigenvalue weighted by Gasteiger charge is -2.32. The van der Waals surface area contributed by atoms with E-state index in [4.69, 9.17) is 11.6 Å². The second-order valence-corrected chi connectivity index (χ2v) is 7.86. The molecule has 1 fully saturated rings. The zero-order chi connectivity index (χ0) is 18.1. The number of halogens is 1. The Hall–Kier alpha value is -1.80. The highest BCUT2D eigenvalue weighted by atomic mass is 35.5. The van der Waals surface area contributed by atoms with Crippen LogP contribution in [0, 0.1) is 6.92 Å². The summed E-state index contributed by atoms with van der Waals surface area (Å²) in [5.41, 5.74) is 2.52. The molecule has 1 unspecified atom stereocenters. The van der Waals surface area contributed by atoms with Gasteiger partial charge >= 0.3 is 0 Å². The Morgan fingerprint density at radius 3 is 2.44 bits per heavy atom. The van der Waals surface area contributed by atoms with E-state index in [1.807, 2.05) is 37.3 Å². The summed E-state index contributed by atoms with van der Waals surface area (Å²) in [6.07, 6.45) is 3.77. The molecule has 25 heavy (non-hydrogen) atoms. The van der Waals surface area contributed by atoms with Gasteiger partial charge in [-0.05, 0) is 55.9 Å². The number of nitrogens with one attached hydrogen (secondary N) is 1. The van der Waals surface area contributed by atoms with E-state index in [1.165, 1.54) is 5.56 Å². The van der Waals surface area contributed by atoms with Crippen molar-refractivity contribution in [1.82, 2.24) is 5.32 Å². The van der Waals surface area contributed by atoms with Crippen molar-refractivity contribution in [2.45, 2.75) is 57.4 Å². The first-order valence-electron chi connectivity index (χ1n) is 9.06. The quantitative estimate of drug-likeness (QED) is 0.727. The fourth-order valence-corrected chi connectivity index (χ4v) is 3.72. The SMILES string of the molecule is CCCC(C)(C(=O)NC1(c2ccccc2)CC1)c1ccc(Cl)c(C)c1. The Balaban J connectivity index is 1.90. The fraction of sp³-hybridized carbons (Fsp3) is 0.409. The van der Waals surface area contributed by atoms with Crippen LogP contribution in [0.5, 0.6) is 0 Å². The highest BCUT2D eigenvalue weighted by Gasteiger charge is 2.48. The van der Waals surface area contributed by atoms with Gasteiger partial charge in [-0.1, -0.05) is 67.4 Å². The van der Waals surface area contributed by atoms with Crippen LogP contribution in [0.1, 0.15) is 56.2 Å². The van der Waals surface area contributed by atoms with Gasteiger partial charge in [-0.2, -0.15) is 0 Å². The second-order valence-electron chi connectivity index (χ2n) is 7.45. The molecular weight excluding hydrogens is 330 g/mol. The molecule has 0 saturated heterocycles.